The van der Waals surface area contributed by atoms with E-state index in [1.807, 2.05) is 5.32 Å². The topological polar surface area (TPSA) is 158 Å². The molecule has 0 saturated heterocycles. The molecule has 11 heteroatoms. The zero-order valence-electron chi connectivity index (χ0n) is 13.5. The van der Waals surface area contributed by atoms with E-state index < -0.39 is 44.9 Å². The summed E-state index contributed by atoms with van der Waals surface area (Å²) < 4.78 is 32.3. The Labute approximate surface area is 148 Å². The van der Waals surface area contributed by atoms with Gasteiger partial charge >= 0.3 is 12.0 Å². The first-order valence-electron chi connectivity index (χ1n) is 7.13. The van der Waals surface area contributed by atoms with Gasteiger partial charge in [0.1, 0.15) is 0 Å². The summed E-state index contributed by atoms with van der Waals surface area (Å²) in [6.07, 6.45) is -1.47. The van der Waals surface area contributed by atoms with Crippen LogP contribution in [-0.2, 0) is 19.6 Å². The minimum atomic E-state index is -4.14. The Balaban J connectivity index is 2.26. The number of ether oxygens (including phenoxy) is 1. The van der Waals surface area contributed by atoms with Crippen molar-refractivity contribution in [1.29, 1.82) is 0 Å². The van der Waals surface area contributed by atoms with Crippen LogP contribution in [0.1, 0.15) is 22.2 Å². The molecular formula is C15H15N3O7S. The summed E-state index contributed by atoms with van der Waals surface area (Å²) in [6.45, 7) is 0. The molecule has 0 saturated carbocycles. The average molecular weight is 381 g/mol. The Morgan fingerprint density at radius 3 is 2.31 bits per heavy atom. The van der Waals surface area contributed by atoms with E-state index in [0.717, 1.165) is 12.1 Å². The van der Waals surface area contributed by atoms with Crippen molar-refractivity contribution in [2.45, 2.75) is 11.2 Å². The molecule has 0 radical (unpaired) electrons. The zero-order valence-corrected chi connectivity index (χ0v) is 14.3. The summed E-state index contributed by atoms with van der Waals surface area (Å²) in [4.78, 5) is 35.8. The van der Waals surface area contributed by atoms with Crippen molar-refractivity contribution < 1.29 is 32.0 Å². The molecule has 0 aliphatic rings. The lowest BCUT2D eigenvalue weighted by Gasteiger charge is -2.16. The van der Waals surface area contributed by atoms with E-state index in [9.17, 15) is 22.8 Å². The van der Waals surface area contributed by atoms with Gasteiger partial charge in [-0.2, -0.15) is 0 Å². The van der Waals surface area contributed by atoms with Gasteiger partial charge in [0.05, 0.1) is 0 Å². The van der Waals surface area contributed by atoms with Crippen molar-refractivity contribution in [3.8, 4) is 0 Å². The summed E-state index contributed by atoms with van der Waals surface area (Å²) >= 11 is 0. The van der Waals surface area contributed by atoms with Crippen LogP contribution in [-0.4, -0.2) is 33.4 Å². The third-order valence-corrected chi connectivity index (χ3v) is 3.87. The molecule has 2 aromatic rings. The number of imide groups is 1. The maximum absolute atomic E-state index is 12.2. The number of sulfonamides is 1. The van der Waals surface area contributed by atoms with Crippen molar-refractivity contribution in [3.63, 3.8) is 0 Å². The second kappa shape index (κ2) is 7.80. The molecule has 1 heterocycles. The summed E-state index contributed by atoms with van der Waals surface area (Å²) in [5, 5.41) is 8.47. The maximum Gasteiger partial charge on any atom is 0.375 e. The minimum absolute atomic E-state index is 0.292. The average Bonchev–Trinajstić information content (AvgIpc) is 3.10. The predicted octanol–water partition coefficient (Wildman–Crippen LogP) is 0.281. The second-order valence-corrected chi connectivity index (χ2v) is 6.42. The lowest BCUT2D eigenvalue weighted by molar-refractivity contribution is -0.129. The number of benzene rings is 1. The summed E-state index contributed by atoms with van der Waals surface area (Å²) in [5.74, 6) is -2.48. The quantitative estimate of drug-likeness (QED) is 0.627. The number of carbonyl (C=O) groups is 3. The lowest BCUT2D eigenvalue weighted by atomic mass is 10.1. The number of amides is 3. The standard InChI is InChI=1S/C15H15N3O7S/c1-17-15(21)18-13(19)12(9-5-3-2-4-6-9)25-14(20)10-7-8-11(24-10)26(16,22)23/h2-8,12H,1H3,(H2,16,22,23)(H2,17,18,19,21). The largest absolute Gasteiger partial charge is 0.441 e. The highest BCUT2D eigenvalue weighted by molar-refractivity contribution is 7.89. The van der Waals surface area contributed by atoms with Gasteiger partial charge in [-0.15, -0.1) is 0 Å². The second-order valence-electron chi connectivity index (χ2n) is 4.93. The number of urea groups is 1. The third-order valence-electron chi connectivity index (χ3n) is 3.09. The molecule has 0 aliphatic heterocycles. The Morgan fingerprint density at radius 2 is 1.77 bits per heavy atom. The van der Waals surface area contributed by atoms with Crippen LogP contribution >= 0.6 is 0 Å². The number of carbonyl (C=O) groups excluding carboxylic acids is 3. The molecule has 1 aromatic heterocycles. The first-order chi connectivity index (χ1) is 12.2. The van der Waals surface area contributed by atoms with Crippen LogP contribution in [0.2, 0.25) is 0 Å². The highest BCUT2D eigenvalue weighted by atomic mass is 32.2. The number of esters is 1. The van der Waals surface area contributed by atoms with Crippen LogP contribution in [0.25, 0.3) is 0 Å². The SMILES string of the molecule is CNC(=O)NC(=O)C(OC(=O)c1ccc(S(N)(=O)=O)o1)c1ccccc1. The van der Waals surface area contributed by atoms with Crippen molar-refractivity contribution in [3.05, 3.63) is 53.8 Å². The lowest BCUT2D eigenvalue weighted by Crippen LogP contribution is -2.41. The first kappa shape index (κ1) is 19.1. The number of nitrogens with one attached hydrogen (secondary N) is 2. The molecule has 138 valence electrons. The molecular weight excluding hydrogens is 366 g/mol. The molecule has 4 N–H and O–H groups in total. The van der Waals surface area contributed by atoms with E-state index in [2.05, 4.69) is 5.32 Å². The van der Waals surface area contributed by atoms with E-state index in [1.54, 1.807) is 18.2 Å². The van der Waals surface area contributed by atoms with Crippen LogP contribution in [0.5, 0.6) is 0 Å². The maximum atomic E-state index is 12.2. The van der Waals surface area contributed by atoms with E-state index in [-0.39, 0.29) is 0 Å². The van der Waals surface area contributed by atoms with Crippen LogP contribution in [0.3, 0.4) is 0 Å². The summed E-state index contributed by atoms with van der Waals surface area (Å²) in [5.41, 5.74) is 0.292. The molecule has 2 rings (SSSR count). The number of nitrogens with two attached hydrogens (primary N) is 1. The van der Waals surface area contributed by atoms with Crippen LogP contribution in [0.15, 0.2) is 52.0 Å². The Morgan fingerprint density at radius 1 is 1.12 bits per heavy atom. The van der Waals surface area contributed by atoms with Crippen molar-refractivity contribution in [2.75, 3.05) is 7.05 Å². The number of primary sulfonamides is 1. The third kappa shape index (κ3) is 4.68. The molecule has 0 fully saturated rings. The molecule has 1 atom stereocenters. The number of furan rings is 1. The molecule has 0 spiro atoms. The van der Waals surface area contributed by atoms with Gasteiger partial charge < -0.3 is 14.5 Å². The Bertz CT molecular complexity index is 922. The van der Waals surface area contributed by atoms with Gasteiger partial charge in [0.15, 0.2) is 0 Å². The van der Waals surface area contributed by atoms with E-state index in [1.165, 1.54) is 19.2 Å². The fourth-order valence-corrected chi connectivity index (χ4v) is 2.35. The summed E-state index contributed by atoms with van der Waals surface area (Å²) in [7, 11) is -2.83. The van der Waals surface area contributed by atoms with Crippen LogP contribution in [0.4, 0.5) is 4.79 Å². The van der Waals surface area contributed by atoms with Gasteiger partial charge in [-0.25, -0.2) is 23.1 Å². The number of hydrogen-bond donors (Lipinski definition) is 3. The van der Waals surface area contributed by atoms with Crippen molar-refractivity contribution in [1.82, 2.24) is 10.6 Å². The zero-order chi connectivity index (χ0) is 19.3. The van der Waals surface area contributed by atoms with Crippen molar-refractivity contribution >= 4 is 27.9 Å². The van der Waals surface area contributed by atoms with Gasteiger partial charge in [-0.05, 0) is 12.1 Å². The molecule has 3 amide bonds. The van der Waals surface area contributed by atoms with Gasteiger partial charge in [0, 0.05) is 12.6 Å². The van der Waals surface area contributed by atoms with E-state index in [4.69, 9.17) is 14.3 Å². The molecule has 26 heavy (non-hydrogen) atoms. The first-order valence-corrected chi connectivity index (χ1v) is 8.68. The summed E-state index contributed by atoms with van der Waals surface area (Å²) in [6, 6.07) is 9.16. The number of rotatable bonds is 5. The molecule has 0 aliphatic carbocycles. The Hall–Kier alpha value is -3.18. The molecule has 1 aromatic carbocycles. The van der Waals surface area contributed by atoms with E-state index in [0.29, 0.717) is 5.56 Å². The monoisotopic (exact) mass is 381 g/mol. The Kier molecular flexibility index (Phi) is 5.75. The smallest absolute Gasteiger partial charge is 0.375 e. The van der Waals surface area contributed by atoms with Crippen LogP contribution in [0, 0.1) is 0 Å². The van der Waals surface area contributed by atoms with Gasteiger partial charge in [-0.1, -0.05) is 30.3 Å². The van der Waals surface area contributed by atoms with Gasteiger partial charge in [0.25, 0.3) is 15.9 Å². The molecule has 1 unspecified atom stereocenters. The van der Waals surface area contributed by atoms with Crippen molar-refractivity contribution in [2.24, 2.45) is 5.14 Å². The fourth-order valence-electron chi connectivity index (χ4n) is 1.89. The highest BCUT2D eigenvalue weighted by Gasteiger charge is 2.28. The van der Waals surface area contributed by atoms with E-state index >= 15 is 0 Å². The van der Waals surface area contributed by atoms with Crippen LogP contribution < -0.4 is 15.8 Å². The highest BCUT2D eigenvalue weighted by Crippen LogP contribution is 2.21. The molecule has 0 bridgehead atoms. The normalized spacial score (nSPS) is 12.1. The predicted molar refractivity (Wildman–Crippen MR) is 87.3 cm³/mol. The molecule has 10 nitrogen and oxygen atoms in total. The fraction of sp³-hybridized carbons (Fsp3) is 0.133. The number of hydrogen-bond acceptors (Lipinski definition) is 7. The minimum Gasteiger partial charge on any atom is -0.441 e. The van der Waals surface area contributed by atoms with Gasteiger partial charge in [0.2, 0.25) is 17.0 Å². The van der Waals surface area contributed by atoms with Gasteiger partial charge in [-0.3, -0.25) is 10.1 Å².